The van der Waals surface area contributed by atoms with Crippen molar-refractivity contribution < 1.29 is 19.4 Å². The molecule has 0 bridgehead atoms. The molecule has 20 heavy (non-hydrogen) atoms. The molecule has 0 saturated carbocycles. The van der Waals surface area contributed by atoms with Crippen molar-refractivity contribution in [2.24, 2.45) is 0 Å². The molecule has 5 nitrogen and oxygen atoms in total. The lowest BCUT2D eigenvalue weighted by Gasteiger charge is -2.10. The number of amides is 1. The number of hydrogen-bond donors (Lipinski definition) is 2. The maximum atomic E-state index is 10.8. The third kappa shape index (κ3) is 6.68. The monoisotopic (exact) mass is 317 g/mol. The second-order valence-corrected chi connectivity index (χ2v) is 5.49. The summed E-state index contributed by atoms with van der Waals surface area (Å²) in [6.45, 7) is 0.549. The van der Waals surface area contributed by atoms with Gasteiger partial charge >= 0.3 is 5.97 Å². The summed E-state index contributed by atoms with van der Waals surface area (Å²) in [5.41, 5.74) is 0. The van der Waals surface area contributed by atoms with Gasteiger partial charge in [-0.15, -0.1) is 0 Å². The standard InChI is InChI=1S/C13H16ClNO4S/c14-10-2-4-11(5-3-10)19-6-1-7-20-8-12(13(17)18)15-9-16/h2-5,9,12H,1,6-8H2,(H,15,16)(H,17,18). The summed E-state index contributed by atoms with van der Waals surface area (Å²) in [5, 5.41) is 11.7. The Hall–Kier alpha value is -1.40. The number of carboxylic acid groups (broad SMARTS) is 1. The van der Waals surface area contributed by atoms with Crippen LogP contribution >= 0.6 is 23.4 Å². The van der Waals surface area contributed by atoms with Crippen molar-refractivity contribution >= 4 is 35.7 Å². The van der Waals surface area contributed by atoms with Gasteiger partial charge in [0.15, 0.2) is 0 Å². The molecule has 1 rings (SSSR count). The number of nitrogens with one attached hydrogen (secondary N) is 1. The summed E-state index contributed by atoms with van der Waals surface area (Å²) in [7, 11) is 0. The molecule has 1 aromatic carbocycles. The minimum absolute atomic E-state index is 0.342. The molecular formula is C13H16ClNO4S. The van der Waals surface area contributed by atoms with Crippen LogP contribution in [0.1, 0.15) is 6.42 Å². The van der Waals surface area contributed by atoms with E-state index in [9.17, 15) is 9.59 Å². The fraction of sp³-hybridized carbons (Fsp3) is 0.385. The first-order valence-electron chi connectivity index (χ1n) is 6.02. The molecule has 0 spiro atoms. The topological polar surface area (TPSA) is 75.6 Å². The summed E-state index contributed by atoms with van der Waals surface area (Å²) in [4.78, 5) is 21.0. The fourth-order valence-electron chi connectivity index (χ4n) is 1.36. The lowest BCUT2D eigenvalue weighted by molar-refractivity contribution is -0.139. The summed E-state index contributed by atoms with van der Waals surface area (Å²) in [6, 6.07) is 6.27. The average molecular weight is 318 g/mol. The normalized spacial score (nSPS) is 11.7. The van der Waals surface area contributed by atoms with E-state index < -0.39 is 12.0 Å². The summed E-state index contributed by atoms with van der Waals surface area (Å²) in [5.74, 6) is 0.833. The predicted octanol–water partition coefficient (Wildman–Crippen LogP) is 2.04. The summed E-state index contributed by atoms with van der Waals surface area (Å²) < 4.78 is 5.50. The lowest BCUT2D eigenvalue weighted by Crippen LogP contribution is -2.37. The number of thioether (sulfide) groups is 1. The second kappa shape index (κ2) is 9.50. The van der Waals surface area contributed by atoms with Gasteiger partial charge < -0.3 is 15.2 Å². The van der Waals surface area contributed by atoms with E-state index in [1.165, 1.54) is 11.8 Å². The molecule has 1 atom stereocenters. The molecule has 1 amide bonds. The molecule has 2 N–H and O–H groups in total. The zero-order valence-electron chi connectivity index (χ0n) is 10.8. The van der Waals surface area contributed by atoms with Crippen LogP contribution < -0.4 is 10.1 Å². The van der Waals surface area contributed by atoms with Gasteiger partial charge in [0.2, 0.25) is 6.41 Å². The third-order valence-corrected chi connectivity index (χ3v) is 3.77. The number of rotatable bonds is 10. The maximum Gasteiger partial charge on any atom is 0.327 e. The highest BCUT2D eigenvalue weighted by atomic mass is 35.5. The van der Waals surface area contributed by atoms with Crippen LogP contribution in [0.25, 0.3) is 0 Å². The van der Waals surface area contributed by atoms with Gasteiger partial charge in [-0.25, -0.2) is 4.79 Å². The van der Waals surface area contributed by atoms with Gasteiger partial charge in [0.1, 0.15) is 11.8 Å². The van der Waals surface area contributed by atoms with Crippen molar-refractivity contribution in [3.05, 3.63) is 29.3 Å². The summed E-state index contributed by atoms with van der Waals surface area (Å²) in [6.07, 6.45) is 1.20. The highest BCUT2D eigenvalue weighted by Gasteiger charge is 2.15. The van der Waals surface area contributed by atoms with E-state index in [0.717, 1.165) is 17.9 Å². The Morgan fingerprint density at radius 3 is 2.75 bits per heavy atom. The summed E-state index contributed by atoms with van der Waals surface area (Å²) >= 11 is 7.22. The van der Waals surface area contributed by atoms with Crippen molar-refractivity contribution in [2.45, 2.75) is 12.5 Å². The van der Waals surface area contributed by atoms with Crippen LogP contribution in [0.5, 0.6) is 5.75 Å². The molecule has 110 valence electrons. The molecule has 0 aliphatic heterocycles. The van der Waals surface area contributed by atoms with E-state index in [-0.39, 0.29) is 0 Å². The van der Waals surface area contributed by atoms with E-state index in [1.807, 2.05) is 0 Å². The van der Waals surface area contributed by atoms with Crippen molar-refractivity contribution in [3.8, 4) is 5.75 Å². The van der Waals surface area contributed by atoms with Crippen molar-refractivity contribution in [2.75, 3.05) is 18.1 Å². The first-order valence-corrected chi connectivity index (χ1v) is 7.55. The molecule has 0 aliphatic rings. The quantitative estimate of drug-likeness (QED) is 0.510. The number of halogens is 1. The van der Waals surface area contributed by atoms with Crippen molar-refractivity contribution in [3.63, 3.8) is 0 Å². The number of carbonyl (C=O) groups excluding carboxylic acids is 1. The van der Waals surface area contributed by atoms with Gasteiger partial charge in [-0.05, 0) is 36.4 Å². The molecule has 0 heterocycles. The largest absolute Gasteiger partial charge is 0.494 e. The number of aliphatic carboxylic acids is 1. The predicted molar refractivity (Wildman–Crippen MR) is 79.5 cm³/mol. The molecule has 0 radical (unpaired) electrons. The van der Waals surface area contributed by atoms with Crippen molar-refractivity contribution in [1.82, 2.24) is 5.32 Å². The Labute approximate surface area is 126 Å². The Kier molecular flexibility index (Phi) is 7.91. The zero-order chi connectivity index (χ0) is 14.8. The Bertz CT molecular complexity index is 427. The number of carboxylic acids is 1. The van der Waals surface area contributed by atoms with Crippen LogP contribution in [0.3, 0.4) is 0 Å². The van der Waals surface area contributed by atoms with Crippen LogP contribution in [0.2, 0.25) is 5.02 Å². The average Bonchev–Trinajstić information content (AvgIpc) is 2.43. The molecule has 0 fully saturated rings. The molecule has 7 heteroatoms. The SMILES string of the molecule is O=CNC(CSCCCOc1ccc(Cl)cc1)C(=O)O. The Balaban J connectivity index is 2.11. The van der Waals surface area contributed by atoms with Gasteiger partial charge in [-0.3, -0.25) is 4.79 Å². The number of ether oxygens (including phenoxy) is 1. The molecule has 1 unspecified atom stereocenters. The molecule has 0 aliphatic carbocycles. The van der Waals surface area contributed by atoms with Crippen LogP contribution in [0.4, 0.5) is 0 Å². The van der Waals surface area contributed by atoms with Gasteiger partial charge in [0, 0.05) is 10.8 Å². The van der Waals surface area contributed by atoms with E-state index in [4.69, 9.17) is 21.4 Å². The van der Waals surface area contributed by atoms with E-state index in [1.54, 1.807) is 24.3 Å². The fourth-order valence-corrected chi connectivity index (χ4v) is 2.44. The molecule has 1 aromatic rings. The van der Waals surface area contributed by atoms with Crippen LogP contribution in [-0.4, -0.2) is 41.6 Å². The zero-order valence-corrected chi connectivity index (χ0v) is 12.3. The lowest BCUT2D eigenvalue weighted by atomic mass is 10.3. The van der Waals surface area contributed by atoms with Gasteiger partial charge in [0.25, 0.3) is 0 Å². The van der Waals surface area contributed by atoms with E-state index >= 15 is 0 Å². The second-order valence-electron chi connectivity index (χ2n) is 3.91. The Morgan fingerprint density at radius 2 is 2.15 bits per heavy atom. The number of benzene rings is 1. The minimum Gasteiger partial charge on any atom is -0.494 e. The molecular weight excluding hydrogens is 302 g/mol. The maximum absolute atomic E-state index is 10.8. The smallest absolute Gasteiger partial charge is 0.327 e. The molecule has 0 aromatic heterocycles. The van der Waals surface area contributed by atoms with E-state index in [2.05, 4.69) is 5.32 Å². The van der Waals surface area contributed by atoms with Crippen molar-refractivity contribution in [1.29, 1.82) is 0 Å². The van der Waals surface area contributed by atoms with Gasteiger partial charge in [0.05, 0.1) is 6.61 Å². The minimum atomic E-state index is -1.03. The van der Waals surface area contributed by atoms with E-state index in [0.29, 0.717) is 23.8 Å². The third-order valence-electron chi connectivity index (χ3n) is 2.37. The number of carbonyl (C=O) groups is 2. The number of hydrogen-bond acceptors (Lipinski definition) is 4. The highest BCUT2D eigenvalue weighted by Crippen LogP contribution is 2.16. The molecule has 0 saturated heterocycles. The highest BCUT2D eigenvalue weighted by molar-refractivity contribution is 7.99. The first kappa shape index (κ1) is 16.7. The van der Waals surface area contributed by atoms with Crippen LogP contribution in [0, 0.1) is 0 Å². The first-order chi connectivity index (χ1) is 9.63. The van der Waals surface area contributed by atoms with Gasteiger partial charge in [-0.2, -0.15) is 11.8 Å². The van der Waals surface area contributed by atoms with Gasteiger partial charge in [-0.1, -0.05) is 11.6 Å². The van der Waals surface area contributed by atoms with Crippen LogP contribution in [-0.2, 0) is 9.59 Å². The Morgan fingerprint density at radius 1 is 1.45 bits per heavy atom. The van der Waals surface area contributed by atoms with Crippen LogP contribution in [0.15, 0.2) is 24.3 Å².